The van der Waals surface area contributed by atoms with Gasteiger partial charge in [0.1, 0.15) is 11.3 Å². The van der Waals surface area contributed by atoms with Crippen LogP contribution in [0, 0.1) is 0 Å². The summed E-state index contributed by atoms with van der Waals surface area (Å²) < 4.78 is 1.92. The first-order valence-corrected chi connectivity index (χ1v) is 5.39. The third kappa shape index (κ3) is 1.28. The molecule has 0 amide bonds. The minimum absolute atomic E-state index is 0.0981. The molecule has 0 radical (unpaired) electrons. The molecule has 2 aromatic heterocycles. The predicted octanol–water partition coefficient (Wildman–Crippen LogP) is 1.46. The van der Waals surface area contributed by atoms with Gasteiger partial charge in [0.2, 0.25) is 0 Å². The van der Waals surface area contributed by atoms with E-state index in [1.54, 1.807) is 0 Å². The number of aryl methyl sites for hydroxylation is 1. The van der Waals surface area contributed by atoms with Gasteiger partial charge in [-0.15, -0.1) is 0 Å². The number of nitrogens with zero attached hydrogens (tertiary/aromatic N) is 2. The first-order valence-electron chi connectivity index (χ1n) is 5.39. The van der Waals surface area contributed by atoms with Crippen molar-refractivity contribution in [1.82, 2.24) is 14.6 Å². The molecule has 1 aliphatic rings. The van der Waals surface area contributed by atoms with E-state index in [2.05, 4.69) is 16.4 Å². The minimum atomic E-state index is -0.0981. The maximum Gasteiger partial charge on any atom is 0.288 e. The van der Waals surface area contributed by atoms with Crippen LogP contribution in [0.25, 0.3) is 5.52 Å². The molecule has 15 heavy (non-hydrogen) atoms. The Morgan fingerprint density at radius 2 is 2.40 bits per heavy atom. The van der Waals surface area contributed by atoms with Gasteiger partial charge in [-0.25, -0.2) is 5.10 Å². The van der Waals surface area contributed by atoms with Crippen LogP contribution in [0.4, 0.5) is 0 Å². The number of H-pyrrole nitrogens is 1. The van der Waals surface area contributed by atoms with Crippen LogP contribution in [0.2, 0.25) is 0 Å². The number of fused-ring (bicyclic) bond motifs is 1. The van der Waals surface area contributed by atoms with E-state index in [-0.39, 0.29) is 5.56 Å². The SMILES string of the molecule is CCc1n[nH]c(=O)c2cc(C3CC3)cn12. The topological polar surface area (TPSA) is 50.2 Å². The molecule has 1 fully saturated rings. The van der Waals surface area contributed by atoms with E-state index in [4.69, 9.17) is 0 Å². The van der Waals surface area contributed by atoms with Gasteiger partial charge in [-0.2, -0.15) is 5.10 Å². The molecule has 1 saturated carbocycles. The van der Waals surface area contributed by atoms with Crippen molar-refractivity contribution in [3.05, 3.63) is 34.0 Å². The van der Waals surface area contributed by atoms with Crippen molar-refractivity contribution in [3.63, 3.8) is 0 Å². The smallest absolute Gasteiger partial charge is 0.288 e. The van der Waals surface area contributed by atoms with Gasteiger partial charge in [-0.1, -0.05) is 6.92 Å². The lowest BCUT2D eigenvalue weighted by atomic mass is 10.2. The lowest BCUT2D eigenvalue weighted by Gasteiger charge is -1.99. The van der Waals surface area contributed by atoms with Crippen molar-refractivity contribution < 1.29 is 0 Å². The lowest BCUT2D eigenvalue weighted by molar-refractivity contribution is 0.808. The van der Waals surface area contributed by atoms with Crippen molar-refractivity contribution in [1.29, 1.82) is 0 Å². The molecule has 3 rings (SSSR count). The van der Waals surface area contributed by atoms with Gasteiger partial charge in [0.05, 0.1) is 0 Å². The largest absolute Gasteiger partial charge is 0.298 e. The minimum Gasteiger partial charge on any atom is -0.298 e. The van der Waals surface area contributed by atoms with Crippen LogP contribution in [0.5, 0.6) is 0 Å². The molecule has 0 unspecified atom stereocenters. The molecule has 4 nitrogen and oxygen atoms in total. The first-order chi connectivity index (χ1) is 7.29. The second-order valence-corrected chi connectivity index (χ2v) is 4.13. The number of aromatic nitrogens is 3. The Balaban J connectivity index is 2.30. The van der Waals surface area contributed by atoms with Crippen molar-refractivity contribution in [3.8, 4) is 0 Å². The van der Waals surface area contributed by atoms with Crippen molar-refractivity contribution in [2.45, 2.75) is 32.1 Å². The van der Waals surface area contributed by atoms with Crippen LogP contribution >= 0.6 is 0 Å². The standard InChI is InChI=1S/C11H13N3O/c1-2-10-12-13-11(15)9-5-8(6-14(9)10)7-3-4-7/h5-7H,2-4H2,1H3,(H,13,15). The molecule has 1 N–H and O–H groups in total. The number of hydrogen-bond donors (Lipinski definition) is 1. The summed E-state index contributed by atoms with van der Waals surface area (Å²) in [4.78, 5) is 11.6. The predicted molar refractivity (Wildman–Crippen MR) is 57.2 cm³/mol. The maximum absolute atomic E-state index is 11.6. The summed E-state index contributed by atoms with van der Waals surface area (Å²) in [5.41, 5.74) is 1.91. The van der Waals surface area contributed by atoms with Crippen LogP contribution < -0.4 is 5.56 Å². The summed E-state index contributed by atoms with van der Waals surface area (Å²) in [6, 6.07) is 2.00. The van der Waals surface area contributed by atoms with E-state index in [0.29, 0.717) is 5.92 Å². The number of hydrogen-bond acceptors (Lipinski definition) is 2. The maximum atomic E-state index is 11.6. The van der Waals surface area contributed by atoms with Crippen molar-refractivity contribution in [2.75, 3.05) is 0 Å². The molecule has 0 spiro atoms. The Bertz CT molecular complexity index is 563. The number of nitrogens with one attached hydrogen (secondary N) is 1. The zero-order valence-electron chi connectivity index (χ0n) is 8.66. The normalized spacial score (nSPS) is 16.1. The lowest BCUT2D eigenvalue weighted by Crippen LogP contribution is -2.14. The fourth-order valence-corrected chi connectivity index (χ4v) is 1.99. The Morgan fingerprint density at radius 3 is 3.07 bits per heavy atom. The second-order valence-electron chi connectivity index (χ2n) is 4.13. The van der Waals surface area contributed by atoms with E-state index < -0.39 is 0 Å². The molecule has 2 aromatic rings. The summed E-state index contributed by atoms with van der Waals surface area (Å²) in [5.74, 6) is 1.59. The van der Waals surface area contributed by atoms with Gasteiger partial charge < -0.3 is 0 Å². The third-order valence-electron chi connectivity index (χ3n) is 3.00. The monoisotopic (exact) mass is 203 g/mol. The average Bonchev–Trinajstić information content (AvgIpc) is 2.99. The second kappa shape index (κ2) is 2.95. The molecule has 4 heteroatoms. The fraction of sp³-hybridized carbons (Fsp3) is 0.455. The highest BCUT2D eigenvalue weighted by Crippen LogP contribution is 2.40. The summed E-state index contributed by atoms with van der Waals surface area (Å²) in [6.07, 6.45) is 5.40. The number of aromatic amines is 1. The third-order valence-corrected chi connectivity index (χ3v) is 3.00. The Morgan fingerprint density at radius 1 is 1.60 bits per heavy atom. The molecule has 2 heterocycles. The first kappa shape index (κ1) is 8.71. The van der Waals surface area contributed by atoms with Crippen LogP contribution in [0.15, 0.2) is 17.1 Å². The van der Waals surface area contributed by atoms with E-state index in [1.807, 2.05) is 17.4 Å². The molecule has 0 aromatic carbocycles. The molecule has 0 bridgehead atoms. The molecule has 1 aliphatic carbocycles. The van der Waals surface area contributed by atoms with Crippen molar-refractivity contribution >= 4 is 5.52 Å². The van der Waals surface area contributed by atoms with Crippen LogP contribution in [-0.2, 0) is 6.42 Å². The van der Waals surface area contributed by atoms with Gasteiger partial charge in [0.25, 0.3) is 5.56 Å². The highest BCUT2D eigenvalue weighted by molar-refractivity contribution is 5.50. The van der Waals surface area contributed by atoms with Crippen LogP contribution in [0.1, 0.15) is 37.1 Å². The zero-order chi connectivity index (χ0) is 10.4. The molecule has 0 saturated heterocycles. The van der Waals surface area contributed by atoms with Crippen molar-refractivity contribution in [2.24, 2.45) is 0 Å². The molecule has 0 atom stereocenters. The molecule has 78 valence electrons. The van der Waals surface area contributed by atoms with Gasteiger partial charge in [0.15, 0.2) is 0 Å². The summed E-state index contributed by atoms with van der Waals surface area (Å²) in [5, 5.41) is 6.58. The molecule has 0 aliphatic heterocycles. The van der Waals surface area contributed by atoms with Crippen LogP contribution in [-0.4, -0.2) is 14.6 Å². The van der Waals surface area contributed by atoms with Gasteiger partial charge in [0, 0.05) is 12.6 Å². The van der Waals surface area contributed by atoms with E-state index in [1.165, 1.54) is 18.4 Å². The molecular formula is C11H13N3O. The van der Waals surface area contributed by atoms with Gasteiger partial charge in [-0.05, 0) is 30.4 Å². The summed E-state index contributed by atoms with van der Waals surface area (Å²) in [6.45, 7) is 2.04. The average molecular weight is 203 g/mol. The summed E-state index contributed by atoms with van der Waals surface area (Å²) in [7, 11) is 0. The van der Waals surface area contributed by atoms with Crippen LogP contribution in [0.3, 0.4) is 0 Å². The quantitative estimate of drug-likeness (QED) is 0.803. The van der Waals surface area contributed by atoms with Gasteiger partial charge in [-0.3, -0.25) is 9.20 Å². The Hall–Kier alpha value is -1.58. The number of rotatable bonds is 2. The highest BCUT2D eigenvalue weighted by atomic mass is 16.1. The zero-order valence-corrected chi connectivity index (χ0v) is 8.66. The van der Waals surface area contributed by atoms with E-state index in [9.17, 15) is 4.79 Å². The Labute approximate surface area is 86.9 Å². The highest BCUT2D eigenvalue weighted by Gasteiger charge is 2.25. The molecular weight excluding hydrogens is 190 g/mol. The van der Waals surface area contributed by atoms with E-state index >= 15 is 0 Å². The fourth-order valence-electron chi connectivity index (χ4n) is 1.99. The summed E-state index contributed by atoms with van der Waals surface area (Å²) >= 11 is 0. The van der Waals surface area contributed by atoms with Gasteiger partial charge >= 0.3 is 0 Å². The van der Waals surface area contributed by atoms with E-state index in [0.717, 1.165) is 17.8 Å². The Kier molecular flexibility index (Phi) is 1.71.